The molecule has 0 aliphatic heterocycles. The summed E-state index contributed by atoms with van der Waals surface area (Å²) in [7, 11) is 3.88. The van der Waals surface area contributed by atoms with E-state index < -0.39 is 0 Å². The lowest BCUT2D eigenvalue weighted by Crippen LogP contribution is -1.76. The van der Waals surface area contributed by atoms with Crippen LogP contribution >= 0.6 is 46.1 Å². The maximum absolute atomic E-state index is 4.86. The first-order chi connectivity index (χ1) is 35.5. The molecule has 9 rings (SSSR count). The van der Waals surface area contributed by atoms with E-state index in [0.29, 0.717) is 11.8 Å². The van der Waals surface area contributed by atoms with E-state index in [1.807, 2.05) is 207 Å². The van der Waals surface area contributed by atoms with Crippen LogP contribution in [0.1, 0.15) is 169 Å². The van der Waals surface area contributed by atoms with Crippen molar-refractivity contribution in [1.82, 2.24) is 87.6 Å². The lowest BCUT2D eigenvalue weighted by Gasteiger charge is -1.76. The average molecular weight is 1100 g/mol. The molecule has 9 aromatic heterocycles. The van der Waals surface area contributed by atoms with Crippen LogP contribution in [0.15, 0.2) is 87.1 Å². The predicted octanol–water partition coefficient (Wildman–Crippen LogP) is 14.9. The zero-order valence-electron chi connectivity index (χ0n) is 49.8. The van der Waals surface area contributed by atoms with Crippen molar-refractivity contribution < 1.29 is 13.6 Å². The van der Waals surface area contributed by atoms with Gasteiger partial charge in [-0.1, -0.05) is 145 Å². The molecular formula is C48H96N18O3S4. The summed E-state index contributed by atoms with van der Waals surface area (Å²) in [4.78, 5) is 14.6. The highest BCUT2D eigenvalue weighted by molar-refractivity contribution is 7.11. The summed E-state index contributed by atoms with van der Waals surface area (Å²) in [6.07, 6.45) is 16.6. The van der Waals surface area contributed by atoms with E-state index in [1.54, 1.807) is 61.9 Å². The second-order valence-corrected chi connectivity index (χ2v) is 12.9. The van der Waals surface area contributed by atoms with E-state index in [4.69, 9.17) is 4.42 Å². The Balaban J connectivity index is -0.0000000869. The van der Waals surface area contributed by atoms with Gasteiger partial charge in [0, 0.05) is 58.1 Å². The van der Waals surface area contributed by atoms with Gasteiger partial charge in [-0.3, -0.25) is 0 Å². The van der Waals surface area contributed by atoms with E-state index in [9.17, 15) is 0 Å². The van der Waals surface area contributed by atoms with Gasteiger partial charge in [0.1, 0.15) is 33.2 Å². The van der Waals surface area contributed by atoms with Crippen LogP contribution in [0.4, 0.5) is 0 Å². The monoisotopic (exact) mass is 1100 g/mol. The Labute approximate surface area is 457 Å². The van der Waals surface area contributed by atoms with Gasteiger partial charge in [0.2, 0.25) is 18.2 Å². The molecule has 73 heavy (non-hydrogen) atoms. The SMILES string of the molecule is CC.CC.CC.CC.CC.CC.CC.CC.CC.Cc1nnc(C)o1.Cc1nnc(C)s1.Cc1nonc1C.Cc1nsnc1C.Cn1ccnc1.Cn1ccnc1.c1csnn1.c1ncon1.c1ncsn1. The minimum Gasteiger partial charge on any atom is -0.426 e. The van der Waals surface area contributed by atoms with Crippen LogP contribution in [-0.2, 0) is 14.1 Å². The van der Waals surface area contributed by atoms with Gasteiger partial charge in [-0.25, -0.2) is 24.6 Å². The Hall–Kier alpha value is -5.92. The van der Waals surface area contributed by atoms with Gasteiger partial charge in [-0.15, -0.1) is 36.8 Å². The first-order valence-electron chi connectivity index (χ1n) is 24.5. The molecule has 0 bridgehead atoms. The predicted molar refractivity (Wildman–Crippen MR) is 309 cm³/mol. The second kappa shape index (κ2) is 80.2. The van der Waals surface area contributed by atoms with Crippen LogP contribution in [-0.4, -0.2) is 87.6 Å². The molecule has 0 aromatic carbocycles. The highest BCUT2D eigenvalue weighted by Gasteiger charge is 1.93. The van der Waals surface area contributed by atoms with Crippen molar-refractivity contribution in [2.75, 3.05) is 0 Å². The summed E-state index contributed by atoms with van der Waals surface area (Å²) < 4.78 is 32.3. The molecule has 0 aliphatic carbocycles. The molecule has 21 nitrogen and oxygen atoms in total. The lowest BCUT2D eigenvalue weighted by molar-refractivity contribution is 0.302. The van der Waals surface area contributed by atoms with Crippen LogP contribution in [0.3, 0.4) is 0 Å². The van der Waals surface area contributed by atoms with E-state index in [0.717, 1.165) is 32.8 Å². The number of hydrogen-bond acceptors (Lipinski definition) is 23. The highest BCUT2D eigenvalue weighted by atomic mass is 32.1. The molecule has 0 amide bonds. The van der Waals surface area contributed by atoms with Gasteiger partial charge in [-0.05, 0) is 64.6 Å². The molecule has 0 radical (unpaired) electrons. The summed E-state index contributed by atoms with van der Waals surface area (Å²) in [6.45, 7) is 51.0. The highest BCUT2D eigenvalue weighted by Crippen LogP contribution is 2.04. The van der Waals surface area contributed by atoms with E-state index in [2.05, 4.69) is 87.7 Å². The number of nitrogens with zero attached hydrogens (tertiary/aromatic N) is 18. The fourth-order valence-electron chi connectivity index (χ4n) is 2.40. The Morgan fingerprint density at radius 3 is 1.03 bits per heavy atom. The Morgan fingerprint density at radius 1 is 0.479 bits per heavy atom. The molecule has 9 heterocycles. The van der Waals surface area contributed by atoms with Crippen LogP contribution in [0.2, 0.25) is 0 Å². The quantitative estimate of drug-likeness (QED) is 0.137. The molecule has 0 N–H and O–H groups in total. The van der Waals surface area contributed by atoms with Gasteiger partial charge in [-0.2, -0.15) is 13.1 Å². The van der Waals surface area contributed by atoms with Crippen LogP contribution < -0.4 is 0 Å². The largest absolute Gasteiger partial charge is 0.426 e. The van der Waals surface area contributed by atoms with Crippen molar-refractivity contribution in [3.05, 3.63) is 118 Å². The topological polar surface area (TPSA) is 256 Å². The average Bonchev–Trinajstić information content (AvgIpc) is 4.28. The molecule has 0 fully saturated rings. The van der Waals surface area contributed by atoms with Crippen LogP contribution in [0.5, 0.6) is 0 Å². The standard InChI is InChI=1S/2C4H6N2O.2C4H6N2S.2C4H6N2.C2H2N2O.2C2H2N2S.9C2H6/c1-3-5-6-4(2)7-3;1-3-4(2)6-7-5-3;1-3-5-6-4(2)7-3;1-3-4(2)6-7-5-3;2*1-6-3-2-5-4-6;2*1-3-2-5-4-1;1-2-5-4-3-1;9*1-2/h4*1-2H3;2*2-4H,1H3;3*1-2H;9*1-2H3. The fraction of sp³-hybridized carbons (Fsp3) is 0.583. The maximum atomic E-state index is 4.86. The molecule has 25 heteroatoms. The van der Waals surface area contributed by atoms with Gasteiger partial charge < -0.3 is 18.1 Å². The molecular weight excluding hydrogens is 1000 g/mol. The summed E-state index contributed by atoms with van der Waals surface area (Å²) >= 11 is 5.59. The molecule has 0 saturated heterocycles. The Bertz CT molecular complexity index is 1760. The summed E-state index contributed by atoms with van der Waals surface area (Å²) in [5.41, 5.74) is 5.50. The summed E-state index contributed by atoms with van der Waals surface area (Å²) in [5, 5.41) is 32.5. The van der Waals surface area contributed by atoms with Crippen molar-refractivity contribution in [3.63, 3.8) is 0 Å². The zero-order chi connectivity index (χ0) is 58.5. The van der Waals surface area contributed by atoms with E-state index in [1.165, 1.54) is 53.8 Å². The first-order valence-corrected chi connectivity index (χ1v) is 27.7. The maximum Gasteiger partial charge on any atom is 0.213 e. The molecule has 0 spiro atoms. The number of hydrogen-bond donors (Lipinski definition) is 0. The number of rotatable bonds is 0. The third kappa shape index (κ3) is 72.7. The third-order valence-corrected chi connectivity index (χ3v) is 7.46. The lowest BCUT2D eigenvalue weighted by atomic mass is 10.4. The smallest absolute Gasteiger partial charge is 0.213 e. The first kappa shape index (κ1) is 86.8. The van der Waals surface area contributed by atoms with Crippen molar-refractivity contribution in [3.8, 4) is 0 Å². The normalized spacial score (nSPS) is 7.45. The van der Waals surface area contributed by atoms with Crippen LogP contribution in [0, 0.1) is 55.4 Å². The minimum atomic E-state index is 0.623. The summed E-state index contributed by atoms with van der Waals surface area (Å²) in [5.74, 6) is 1.25. The van der Waals surface area contributed by atoms with E-state index in [-0.39, 0.29) is 0 Å². The minimum absolute atomic E-state index is 0.623. The Morgan fingerprint density at radius 2 is 0.918 bits per heavy atom. The molecule has 0 unspecified atom stereocenters. The summed E-state index contributed by atoms with van der Waals surface area (Å²) in [6, 6.07) is 0. The molecule has 0 saturated carbocycles. The molecule has 0 aliphatic rings. The van der Waals surface area contributed by atoms with Gasteiger partial charge in [0.15, 0.2) is 6.33 Å². The van der Waals surface area contributed by atoms with Gasteiger partial charge in [0.25, 0.3) is 0 Å². The number of aromatic nitrogens is 18. The third-order valence-electron chi connectivity index (χ3n) is 5.13. The molecule has 9 aromatic rings. The Kier molecular flexibility index (Phi) is 95.4. The number of imidazole rings is 2. The zero-order valence-corrected chi connectivity index (χ0v) is 53.1. The molecule has 420 valence electrons. The van der Waals surface area contributed by atoms with Crippen molar-refractivity contribution in [1.29, 1.82) is 0 Å². The van der Waals surface area contributed by atoms with Crippen LogP contribution in [0.25, 0.3) is 0 Å². The fourth-order valence-corrected chi connectivity index (χ4v) is 4.09. The van der Waals surface area contributed by atoms with Crippen molar-refractivity contribution in [2.24, 2.45) is 14.1 Å². The van der Waals surface area contributed by atoms with E-state index >= 15 is 0 Å². The molecule has 0 atom stereocenters. The van der Waals surface area contributed by atoms with Gasteiger partial charge in [0.05, 0.1) is 42.0 Å². The van der Waals surface area contributed by atoms with Crippen molar-refractivity contribution >= 4 is 46.1 Å². The number of aryl methyl sites for hydroxylation is 10. The van der Waals surface area contributed by atoms with Crippen molar-refractivity contribution in [2.45, 2.75) is 180 Å². The van der Waals surface area contributed by atoms with Gasteiger partial charge >= 0.3 is 0 Å². The second-order valence-electron chi connectivity index (χ2n) is 9.76.